The molecule has 0 aliphatic heterocycles. The minimum Gasteiger partial charge on any atom is -0.423 e. The van der Waals surface area contributed by atoms with Crippen molar-refractivity contribution in [1.82, 2.24) is 10.2 Å². The summed E-state index contributed by atoms with van der Waals surface area (Å²) in [7, 11) is 0. The average molecular weight is 215 g/mol. The highest BCUT2D eigenvalue weighted by atomic mass is 35.5. The molecular formula is C6H6ClF3N2O. The molecule has 74 valence electrons. The van der Waals surface area contributed by atoms with Gasteiger partial charge < -0.3 is 4.42 Å². The molecule has 0 aliphatic rings. The van der Waals surface area contributed by atoms with E-state index in [1.807, 2.05) is 0 Å². The molecule has 0 saturated heterocycles. The van der Waals surface area contributed by atoms with Crippen LogP contribution in [0.15, 0.2) is 4.42 Å². The van der Waals surface area contributed by atoms with E-state index in [1.54, 1.807) is 0 Å². The minimum atomic E-state index is -4.33. The maximum absolute atomic E-state index is 11.8. The van der Waals surface area contributed by atoms with E-state index < -0.39 is 23.9 Å². The maximum Gasteiger partial charge on any atom is 0.397 e. The Balaban J connectivity index is 2.70. The third-order valence-corrected chi connectivity index (χ3v) is 1.36. The first-order valence-electron chi connectivity index (χ1n) is 3.41. The van der Waals surface area contributed by atoms with E-state index in [1.165, 1.54) is 6.92 Å². The zero-order valence-electron chi connectivity index (χ0n) is 6.60. The Morgan fingerprint density at radius 3 is 2.46 bits per heavy atom. The zero-order chi connectivity index (χ0) is 10.1. The monoisotopic (exact) mass is 214 g/mol. The molecule has 0 N–H and O–H groups in total. The number of hydrogen-bond donors (Lipinski definition) is 0. The van der Waals surface area contributed by atoms with Gasteiger partial charge in [-0.15, -0.1) is 21.8 Å². The second-order valence-electron chi connectivity index (χ2n) is 2.44. The molecule has 0 radical (unpaired) electrons. The molecule has 0 fully saturated rings. The first kappa shape index (κ1) is 10.3. The summed E-state index contributed by atoms with van der Waals surface area (Å²) >= 11 is 5.51. The molecule has 1 atom stereocenters. The van der Waals surface area contributed by atoms with Gasteiger partial charge in [-0.3, -0.25) is 0 Å². The van der Waals surface area contributed by atoms with Gasteiger partial charge in [-0.2, -0.15) is 13.2 Å². The van der Waals surface area contributed by atoms with Gasteiger partial charge >= 0.3 is 6.18 Å². The number of alkyl halides is 4. The lowest BCUT2D eigenvalue weighted by Crippen LogP contribution is -2.11. The van der Waals surface area contributed by atoms with E-state index in [0.717, 1.165) is 0 Å². The standard InChI is InChI=1S/C6H6ClF3N2O/c1-3(7)5-12-11-4(13-5)2-6(8,9)10/h3H,2H2,1H3. The van der Waals surface area contributed by atoms with Gasteiger partial charge in [0.2, 0.25) is 11.8 Å². The highest BCUT2D eigenvalue weighted by molar-refractivity contribution is 6.20. The molecule has 0 saturated carbocycles. The molecule has 0 amide bonds. The summed E-state index contributed by atoms with van der Waals surface area (Å²) in [6.07, 6.45) is -5.55. The third kappa shape index (κ3) is 3.22. The van der Waals surface area contributed by atoms with Gasteiger partial charge in [0.25, 0.3) is 0 Å². The second-order valence-corrected chi connectivity index (χ2v) is 3.10. The predicted molar refractivity (Wildman–Crippen MR) is 38.3 cm³/mol. The van der Waals surface area contributed by atoms with Gasteiger partial charge in [0, 0.05) is 0 Å². The summed E-state index contributed by atoms with van der Waals surface area (Å²) < 4.78 is 40.0. The van der Waals surface area contributed by atoms with Gasteiger partial charge in [0.05, 0.1) is 0 Å². The Kier molecular flexibility index (Phi) is 2.80. The van der Waals surface area contributed by atoms with E-state index in [4.69, 9.17) is 11.6 Å². The smallest absolute Gasteiger partial charge is 0.397 e. The summed E-state index contributed by atoms with van der Waals surface area (Å²) in [5, 5.41) is 5.98. The average Bonchev–Trinajstić information content (AvgIpc) is 2.31. The van der Waals surface area contributed by atoms with E-state index in [2.05, 4.69) is 14.6 Å². The van der Waals surface area contributed by atoms with Gasteiger partial charge in [-0.05, 0) is 6.92 Å². The maximum atomic E-state index is 11.8. The molecule has 1 rings (SSSR count). The molecule has 1 heterocycles. The van der Waals surface area contributed by atoms with Crippen molar-refractivity contribution in [1.29, 1.82) is 0 Å². The fourth-order valence-electron chi connectivity index (χ4n) is 0.670. The largest absolute Gasteiger partial charge is 0.423 e. The number of rotatable bonds is 2. The van der Waals surface area contributed by atoms with E-state index in [9.17, 15) is 13.2 Å². The minimum absolute atomic E-state index is 0.000849. The lowest BCUT2D eigenvalue weighted by atomic mass is 10.4. The van der Waals surface area contributed by atoms with Gasteiger partial charge in [0.1, 0.15) is 11.8 Å². The van der Waals surface area contributed by atoms with Crippen molar-refractivity contribution in [3.8, 4) is 0 Å². The Labute approximate surface area is 76.9 Å². The van der Waals surface area contributed by atoms with Crippen LogP contribution in [-0.4, -0.2) is 16.4 Å². The zero-order valence-corrected chi connectivity index (χ0v) is 7.35. The van der Waals surface area contributed by atoms with Crippen LogP contribution in [0, 0.1) is 0 Å². The van der Waals surface area contributed by atoms with Crippen LogP contribution in [0.4, 0.5) is 13.2 Å². The van der Waals surface area contributed by atoms with Crippen molar-refractivity contribution in [3.05, 3.63) is 11.8 Å². The van der Waals surface area contributed by atoms with Crippen LogP contribution < -0.4 is 0 Å². The molecule has 3 nitrogen and oxygen atoms in total. The normalized spacial score (nSPS) is 14.5. The highest BCUT2D eigenvalue weighted by Crippen LogP contribution is 2.23. The van der Waals surface area contributed by atoms with Crippen LogP contribution in [0.25, 0.3) is 0 Å². The number of nitrogens with zero attached hydrogens (tertiary/aromatic N) is 2. The summed E-state index contributed by atoms with van der Waals surface area (Å²) in [6.45, 7) is 1.53. The first-order chi connectivity index (χ1) is 5.88. The van der Waals surface area contributed by atoms with Gasteiger partial charge in [-0.1, -0.05) is 0 Å². The SMILES string of the molecule is CC(Cl)c1nnc(CC(F)(F)F)o1. The van der Waals surface area contributed by atoms with Crippen LogP contribution in [-0.2, 0) is 6.42 Å². The van der Waals surface area contributed by atoms with Crippen molar-refractivity contribution in [2.75, 3.05) is 0 Å². The highest BCUT2D eigenvalue weighted by Gasteiger charge is 2.31. The van der Waals surface area contributed by atoms with Crippen LogP contribution in [0.3, 0.4) is 0 Å². The summed E-state index contributed by atoms with van der Waals surface area (Å²) in [6, 6.07) is 0. The Morgan fingerprint density at radius 1 is 1.46 bits per heavy atom. The molecule has 0 aromatic carbocycles. The molecule has 0 spiro atoms. The van der Waals surface area contributed by atoms with Crippen molar-refractivity contribution < 1.29 is 17.6 Å². The molecule has 0 bridgehead atoms. The molecular weight excluding hydrogens is 209 g/mol. The molecule has 7 heteroatoms. The van der Waals surface area contributed by atoms with Crippen molar-refractivity contribution >= 4 is 11.6 Å². The first-order valence-corrected chi connectivity index (χ1v) is 3.85. The predicted octanol–water partition coefficient (Wildman–Crippen LogP) is 2.47. The number of halogens is 4. The summed E-state index contributed by atoms with van der Waals surface area (Å²) in [5.74, 6) is -0.462. The van der Waals surface area contributed by atoms with Crippen LogP contribution in [0.5, 0.6) is 0 Å². The van der Waals surface area contributed by atoms with E-state index in [-0.39, 0.29) is 5.89 Å². The van der Waals surface area contributed by atoms with Crippen molar-refractivity contribution in [3.63, 3.8) is 0 Å². The lowest BCUT2D eigenvalue weighted by molar-refractivity contribution is -0.130. The van der Waals surface area contributed by atoms with Crippen LogP contribution in [0.2, 0.25) is 0 Å². The van der Waals surface area contributed by atoms with E-state index in [0.29, 0.717) is 0 Å². The van der Waals surface area contributed by atoms with Crippen LogP contribution in [0.1, 0.15) is 24.1 Å². The van der Waals surface area contributed by atoms with Crippen molar-refractivity contribution in [2.45, 2.75) is 24.9 Å². The van der Waals surface area contributed by atoms with E-state index >= 15 is 0 Å². The van der Waals surface area contributed by atoms with Gasteiger partial charge in [0.15, 0.2) is 0 Å². The van der Waals surface area contributed by atoms with Gasteiger partial charge in [-0.25, -0.2) is 0 Å². The molecule has 1 aromatic heterocycles. The van der Waals surface area contributed by atoms with Crippen LogP contribution >= 0.6 is 11.6 Å². The molecule has 13 heavy (non-hydrogen) atoms. The summed E-state index contributed by atoms with van der Waals surface area (Å²) in [5.41, 5.74) is 0. The Bertz CT molecular complexity index is 284. The lowest BCUT2D eigenvalue weighted by Gasteiger charge is -2.00. The molecule has 1 aromatic rings. The molecule has 0 aliphatic carbocycles. The Morgan fingerprint density at radius 2 is 2.08 bits per heavy atom. The Hall–Kier alpha value is -0.780. The second kappa shape index (κ2) is 3.53. The van der Waals surface area contributed by atoms with Crippen molar-refractivity contribution in [2.24, 2.45) is 0 Å². The third-order valence-electron chi connectivity index (χ3n) is 1.17. The fraction of sp³-hybridized carbons (Fsp3) is 0.667. The summed E-state index contributed by atoms with van der Waals surface area (Å²) in [4.78, 5) is 0. The fourth-order valence-corrected chi connectivity index (χ4v) is 0.758. The quantitative estimate of drug-likeness (QED) is 0.710. The topological polar surface area (TPSA) is 38.9 Å². The number of hydrogen-bond acceptors (Lipinski definition) is 3. The molecule has 1 unspecified atom stereocenters. The number of aromatic nitrogens is 2.